The molecule has 2 aromatic carbocycles. The Morgan fingerprint density at radius 2 is 1.48 bits per heavy atom. The molecular formula is C17H21N2O2PS. The molecule has 122 valence electrons. The van der Waals surface area contributed by atoms with E-state index in [-0.39, 0.29) is 0 Å². The number of para-hydroxylation sites is 2. The standard InChI is InChI=1S/C17H21N2O2PS/c1-3-20-22(23,21-4-2)17(18-15-11-7-5-8-12-15)19-16-13-9-6-10-14-16/h5-14H,3-4H2,1-2H3,(H,18,19). The Bertz CT molecular complexity index is 668. The zero-order chi connectivity index (χ0) is 16.5. The number of hydrogen-bond donors (Lipinski definition) is 1. The average molecular weight is 348 g/mol. The van der Waals surface area contributed by atoms with Gasteiger partial charge in [-0.1, -0.05) is 36.4 Å². The summed E-state index contributed by atoms with van der Waals surface area (Å²) in [5, 5.41) is 3.28. The summed E-state index contributed by atoms with van der Waals surface area (Å²) in [4.78, 5) is 4.66. The van der Waals surface area contributed by atoms with Gasteiger partial charge < -0.3 is 14.4 Å². The van der Waals surface area contributed by atoms with Crippen LogP contribution in [0.3, 0.4) is 0 Å². The number of benzene rings is 2. The smallest absolute Gasteiger partial charge is 0.255 e. The normalized spacial score (nSPS) is 12.2. The lowest BCUT2D eigenvalue weighted by molar-refractivity contribution is 0.277. The molecule has 0 atom stereocenters. The molecule has 2 rings (SSSR count). The lowest BCUT2D eigenvalue weighted by Crippen LogP contribution is -2.16. The van der Waals surface area contributed by atoms with Crippen molar-refractivity contribution >= 4 is 35.3 Å². The molecule has 0 fully saturated rings. The number of hydrogen-bond acceptors (Lipinski definition) is 4. The maximum Gasteiger partial charge on any atom is 0.255 e. The van der Waals surface area contributed by atoms with Gasteiger partial charge in [0.05, 0.1) is 18.9 Å². The largest absolute Gasteiger partial charge is 0.335 e. The summed E-state index contributed by atoms with van der Waals surface area (Å²) < 4.78 is 11.6. The van der Waals surface area contributed by atoms with Gasteiger partial charge in [0.1, 0.15) is 0 Å². The average Bonchev–Trinajstić information content (AvgIpc) is 2.57. The van der Waals surface area contributed by atoms with Crippen LogP contribution in [0.25, 0.3) is 0 Å². The molecule has 0 saturated heterocycles. The van der Waals surface area contributed by atoms with Crippen molar-refractivity contribution in [2.75, 3.05) is 18.5 Å². The lowest BCUT2D eigenvalue weighted by atomic mass is 10.3. The monoisotopic (exact) mass is 348 g/mol. The van der Waals surface area contributed by atoms with Crippen LogP contribution in [0.4, 0.5) is 11.4 Å². The SMILES string of the molecule is CCOP(=S)(OCC)C(=Nc1ccccc1)Nc1ccccc1. The first-order chi connectivity index (χ1) is 11.2. The number of nitrogens with one attached hydrogen (secondary N) is 1. The highest BCUT2D eigenvalue weighted by atomic mass is 32.5. The topological polar surface area (TPSA) is 42.9 Å². The third kappa shape index (κ3) is 5.26. The zero-order valence-corrected chi connectivity index (χ0v) is 15.0. The quantitative estimate of drug-likeness (QED) is 0.426. The van der Waals surface area contributed by atoms with E-state index in [0.29, 0.717) is 18.8 Å². The summed E-state index contributed by atoms with van der Waals surface area (Å²) in [6.45, 7) is 2.07. The molecule has 0 spiro atoms. The third-order valence-electron chi connectivity index (χ3n) is 2.88. The van der Waals surface area contributed by atoms with Crippen LogP contribution in [-0.4, -0.2) is 18.8 Å². The van der Waals surface area contributed by atoms with Crippen LogP contribution in [0, 0.1) is 0 Å². The van der Waals surface area contributed by atoms with Crippen molar-refractivity contribution in [1.82, 2.24) is 0 Å². The van der Waals surface area contributed by atoms with Crippen molar-refractivity contribution < 1.29 is 9.05 Å². The Morgan fingerprint density at radius 3 is 2.00 bits per heavy atom. The van der Waals surface area contributed by atoms with Crippen LogP contribution in [-0.2, 0) is 20.9 Å². The fourth-order valence-electron chi connectivity index (χ4n) is 1.93. The fourth-order valence-corrected chi connectivity index (χ4v) is 4.33. The van der Waals surface area contributed by atoms with Crippen LogP contribution in [0.5, 0.6) is 0 Å². The molecule has 0 aromatic heterocycles. The van der Waals surface area contributed by atoms with Crippen LogP contribution in [0.2, 0.25) is 0 Å². The molecule has 1 N–H and O–H groups in total. The van der Waals surface area contributed by atoms with Gasteiger partial charge >= 0.3 is 0 Å². The zero-order valence-electron chi connectivity index (χ0n) is 13.3. The van der Waals surface area contributed by atoms with Crippen LogP contribution in [0.1, 0.15) is 13.8 Å². The number of anilines is 1. The van der Waals surface area contributed by atoms with E-state index in [1.807, 2.05) is 74.5 Å². The van der Waals surface area contributed by atoms with Crippen LogP contribution in [0.15, 0.2) is 65.7 Å². The van der Waals surface area contributed by atoms with Crippen molar-refractivity contribution in [3.8, 4) is 0 Å². The highest BCUT2D eigenvalue weighted by Gasteiger charge is 2.26. The Balaban J connectivity index is 2.41. The van der Waals surface area contributed by atoms with Gasteiger partial charge in [-0.15, -0.1) is 0 Å². The van der Waals surface area contributed by atoms with E-state index in [9.17, 15) is 0 Å². The van der Waals surface area contributed by atoms with Gasteiger partial charge in [0.2, 0.25) is 0 Å². The summed E-state index contributed by atoms with van der Waals surface area (Å²) in [5.41, 5.74) is 2.25. The molecule has 4 nitrogen and oxygen atoms in total. The summed E-state index contributed by atoms with van der Waals surface area (Å²) in [6, 6.07) is 19.4. The maximum atomic E-state index is 5.79. The fraction of sp³-hybridized carbons (Fsp3) is 0.235. The number of amidine groups is 1. The van der Waals surface area contributed by atoms with Gasteiger partial charge in [0, 0.05) is 5.69 Å². The van der Waals surface area contributed by atoms with Gasteiger partial charge in [-0.05, 0) is 49.9 Å². The molecule has 0 unspecified atom stereocenters. The molecule has 0 bridgehead atoms. The summed E-state index contributed by atoms with van der Waals surface area (Å²) in [6.07, 6.45) is 0. The Kier molecular flexibility index (Phi) is 6.93. The summed E-state index contributed by atoms with van der Waals surface area (Å²) in [5.74, 6) is 0. The molecule has 0 aliphatic carbocycles. The van der Waals surface area contributed by atoms with Gasteiger partial charge in [-0.3, -0.25) is 0 Å². The van der Waals surface area contributed by atoms with E-state index in [2.05, 4.69) is 10.3 Å². The summed E-state index contributed by atoms with van der Waals surface area (Å²) >= 11 is 5.69. The first-order valence-corrected chi connectivity index (χ1v) is 10.2. The van der Waals surface area contributed by atoms with Crippen molar-refractivity contribution in [3.05, 3.63) is 60.7 Å². The van der Waals surface area contributed by atoms with E-state index in [1.54, 1.807) is 0 Å². The van der Waals surface area contributed by atoms with Crippen LogP contribution >= 0.6 is 6.49 Å². The molecule has 0 aliphatic rings. The highest BCUT2D eigenvalue weighted by Crippen LogP contribution is 2.50. The maximum absolute atomic E-state index is 5.79. The Hall–Kier alpha value is -1.52. The van der Waals surface area contributed by atoms with E-state index in [4.69, 9.17) is 20.9 Å². The van der Waals surface area contributed by atoms with Crippen molar-refractivity contribution in [3.63, 3.8) is 0 Å². The molecule has 23 heavy (non-hydrogen) atoms. The molecule has 0 radical (unpaired) electrons. The second-order valence-electron chi connectivity index (χ2n) is 4.60. The lowest BCUT2D eigenvalue weighted by Gasteiger charge is -2.23. The summed E-state index contributed by atoms with van der Waals surface area (Å²) in [7, 11) is 0. The highest BCUT2D eigenvalue weighted by molar-refractivity contribution is 8.18. The Morgan fingerprint density at radius 1 is 0.957 bits per heavy atom. The van der Waals surface area contributed by atoms with Crippen molar-refractivity contribution in [1.29, 1.82) is 0 Å². The first kappa shape index (κ1) is 17.8. The molecule has 6 heteroatoms. The molecule has 2 aromatic rings. The number of nitrogens with zero attached hydrogens (tertiary/aromatic N) is 1. The van der Waals surface area contributed by atoms with Crippen molar-refractivity contribution in [2.45, 2.75) is 13.8 Å². The van der Waals surface area contributed by atoms with E-state index < -0.39 is 6.49 Å². The minimum Gasteiger partial charge on any atom is -0.335 e. The van der Waals surface area contributed by atoms with Crippen LogP contribution < -0.4 is 5.32 Å². The predicted molar refractivity (Wildman–Crippen MR) is 101 cm³/mol. The van der Waals surface area contributed by atoms with Gasteiger partial charge in [-0.2, -0.15) is 0 Å². The first-order valence-electron chi connectivity index (χ1n) is 7.53. The van der Waals surface area contributed by atoms with Crippen molar-refractivity contribution in [2.24, 2.45) is 4.99 Å². The number of rotatable bonds is 7. The molecule has 0 heterocycles. The second kappa shape index (κ2) is 8.94. The van der Waals surface area contributed by atoms with Gasteiger partial charge in [-0.25, -0.2) is 4.99 Å². The second-order valence-corrected chi connectivity index (χ2v) is 7.97. The minimum absolute atomic E-state index is 0.474. The predicted octanol–water partition coefficient (Wildman–Crippen LogP) is 5.17. The number of aliphatic imine (C=N–C) groups is 1. The Labute approximate surface area is 142 Å². The molecule has 0 saturated carbocycles. The molecular weight excluding hydrogens is 327 g/mol. The van der Waals surface area contributed by atoms with E-state index in [1.165, 1.54) is 0 Å². The van der Waals surface area contributed by atoms with Gasteiger partial charge in [0.15, 0.2) is 5.58 Å². The minimum atomic E-state index is -2.69. The molecule has 0 amide bonds. The van der Waals surface area contributed by atoms with E-state index >= 15 is 0 Å². The van der Waals surface area contributed by atoms with Gasteiger partial charge in [0.25, 0.3) is 6.49 Å². The third-order valence-corrected chi connectivity index (χ3v) is 5.96. The van der Waals surface area contributed by atoms with E-state index in [0.717, 1.165) is 11.4 Å². The molecule has 0 aliphatic heterocycles.